The van der Waals surface area contributed by atoms with Crippen molar-refractivity contribution < 1.29 is 13.9 Å². The molecule has 3 aromatic rings. The van der Waals surface area contributed by atoms with Crippen molar-refractivity contribution in [2.24, 2.45) is 0 Å². The summed E-state index contributed by atoms with van der Waals surface area (Å²) in [6, 6.07) is 15.6. The molecule has 4 nitrogen and oxygen atoms in total. The molecule has 0 saturated heterocycles. The van der Waals surface area contributed by atoms with E-state index in [9.17, 15) is 0 Å². The Labute approximate surface area is 129 Å². The molecule has 0 radical (unpaired) electrons. The van der Waals surface area contributed by atoms with E-state index in [0.29, 0.717) is 24.0 Å². The molecule has 0 spiro atoms. The SMILES string of the molecule is COc1cc(C)ccc1OCc1coc(-c2ccccc2)n1. The highest BCUT2D eigenvalue weighted by Gasteiger charge is 2.09. The van der Waals surface area contributed by atoms with E-state index in [1.807, 2.05) is 55.5 Å². The van der Waals surface area contributed by atoms with Gasteiger partial charge in [0.1, 0.15) is 18.6 Å². The van der Waals surface area contributed by atoms with Crippen LogP contribution in [-0.4, -0.2) is 12.1 Å². The first kappa shape index (κ1) is 14.2. The van der Waals surface area contributed by atoms with Crippen molar-refractivity contribution in [2.75, 3.05) is 7.11 Å². The second kappa shape index (κ2) is 6.35. The highest BCUT2D eigenvalue weighted by atomic mass is 16.5. The zero-order valence-corrected chi connectivity index (χ0v) is 12.6. The van der Waals surface area contributed by atoms with Crippen LogP contribution in [0.1, 0.15) is 11.3 Å². The van der Waals surface area contributed by atoms with E-state index in [-0.39, 0.29) is 0 Å². The van der Waals surface area contributed by atoms with Gasteiger partial charge in [0, 0.05) is 5.56 Å². The lowest BCUT2D eigenvalue weighted by molar-refractivity contribution is 0.280. The Morgan fingerprint density at radius 1 is 1.05 bits per heavy atom. The molecule has 0 atom stereocenters. The number of nitrogens with zero attached hydrogens (tertiary/aromatic N) is 1. The molecular weight excluding hydrogens is 278 g/mol. The molecule has 0 amide bonds. The van der Waals surface area contributed by atoms with Gasteiger partial charge < -0.3 is 13.9 Å². The van der Waals surface area contributed by atoms with Gasteiger partial charge in [0.15, 0.2) is 11.5 Å². The number of benzene rings is 2. The van der Waals surface area contributed by atoms with Gasteiger partial charge in [-0.05, 0) is 36.8 Å². The van der Waals surface area contributed by atoms with E-state index in [1.54, 1.807) is 13.4 Å². The minimum absolute atomic E-state index is 0.329. The molecule has 0 fully saturated rings. The molecule has 112 valence electrons. The average molecular weight is 295 g/mol. The predicted molar refractivity (Wildman–Crippen MR) is 84.0 cm³/mol. The first-order chi connectivity index (χ1) is 10.8. The number of hydrogen-bond acceptors (Lipinski definition) is 4. The Hall–Kier alpha value is -2.75. The molecule has 1 heterocycles. The van der Waals surface area contributed by atoms with Crippen LogP contribution < -0.4 is 9.47 Å². The Morgan fingerprint density at radius 2 is 1.86 bits per heavy atom. The molecule has 0 aliphatic rings. The van der Waals surface area contributed by atoms with Gasteiger partial charge in [-0.15, -0.1) is 0 Å². The topological polar surface area (TPSA) is 44.5 Å². The molecule has 0 aliphatic heterocycles. The molecule has 0 N–H and O–H groups in total. The lowest BCUT2D eigenvalue weighted by Crippen LogP contribution is -1.98. The second-order valence-corrected chi connectivity index (χ2v) is 4.95. The number of hydrogen-bond donors (Lipinski definition) is 0. The monoisotopic (exact) mass is 295 g/mol. The van der Waals surface area contributed by atoms with Gasteiger partial charge in [0.25, 0.3) is 0 Å². The third-order valence-electron chi connectivity index (χ3n) is 3.27. The van der Waals surface area contributed by atoms with Gasteiger partial charge in [0.2, 0.25) is 5.89 Å². The van der Waals surface area contributed by atoms with Crippen LogP contribution in [0.25, 0.3) is 11.5 Å². The van der Waals surface area contributed by atoms with E-state index in [0.717, 1.165) is 16.8 Å². The van der Waals surface area contributed by atoms with Crippen LogP contribution >= 0.6 is 0 Å². The highest BCUT2D eigenvalue weighted by Crippen LogP contribution is 2.28. The fraction of sp³-hybridized carbons (Fsp3) is 0.167. The summed E-state index contributed by atoms with van der Waals surface area (Å²) in [7, 11) is 1.63. The van der Waals surface area contributed by atoms with Gasteiger partial charge >= 0.3 is 0 Å². The van der Waals surface area contributed by atoms with E-state index >= 15 is 0 Å². The normalized spacial score (nSPS) is 10.5. The molecule has 2 aromatic carbocycles. The summed E-state index contributed by atoms with van der Waals surface area (Å²) in [5, 5.41) is 0. The zero-order chi connectivity index (χ0) is 15.4. The first-order valence-electron chi connectivity index (χ1n) is 7.03. The minimum Gasteiger partial charge on any atom is -0.493 e. The maximum Gasteiger partial charge on any atom is 0.226 e. The third kappa shape index (κ3) is 3.11. The summed E-state index contributed by atoms with van der Waals surface area (Å²) in [4.78, 5) is 4.44. The third-order valence-corrected chi connectivity index (χ3v) is 3.27. The lowest BCUT2D eigenvalue weighted by atomic mass is 10.2. The molecule has 22 heavy (non-hydrogen) atoms. The van der Waals surface area contributed by atoms with Gasteiger partial charge in [-0.1, -0.05) is 24.3 Å². The maximum atomic E-state index is 5.77. The van der Waals surface area contributed by atoms with Crippen molar-refractivity contribution in [3.05, 3.63) is 66.1 Å². The van der Waals surface area contributed by atoms with Crippen molar-refractivity contribution in [1.82, 2.24) is 4.98 Å². The Balaban J connectivity index is 1.71. The molecule has 0 aliphatic carbocycles. The van der Waals surface area contributed by atoms with Crippen molar-refractivity contribution in [3.8, 4) is 23.0 Å². The van der Waals surface area contributed by atoms with Gasteiger partial charge in [-0.3, -0.25) is 0 Å². The Kier molecular flexibility index (Phi) is 4.10. The quantitative estimate of drug-likeness (QED) is 0.706. The average Bonchev–Trinajstić information content (AvgIpc) is 3.03. The molecule has 0 unspecified atom stereocenters. The Bertz CT molecular complexity index is 750. The van der Waals surface area contributed by atoms with E-state index in [1.165, 1.54) is 0 Å². The van der Waals surface area contributed by atoms with Crippen LogP contribution in [0.2, 0.25) is 0 Å². The van der Waals surface area contributed by atoms with Crippen LogP contribution in [-0.2, 0) is 6.61 Å². The molecule has 0 saturated carbocycles. The van der Waals surface area contributed by atoms with Crippen LogP contribution in [0.4, 0.5) is 0 Å². The zero-order valence-electron chi connectivity index (χ0n) is 12.6. The van der Waals surface area contributed by atoms with Crippen molar-refractivity contribution in [1.29, 1.82) is 0 Å². The molecule has 3 rings (SSSR count). The van der Waals surface area contributed by atoms with Crippen LogP contribution in [0.5, 0.6) is 11.5 Å². The standard InChI is InChI=1S/C18H17NO3/c1-13-8-9-16(17(10-13)20-2)21-11-15-12-22-18(19-15)14-6-4-3-5-7-14/h3-10,12H,11H2,1-2H3. The molecule has 0 bridgehead atoms. The summed E-state index contributed by atoms with van der Waals surface area (Å²) in [5.41, 5.74) is 2.81. The molecular formula is C18H17NO3. The van der Waals surface area contributed by atoms with Crippen LogP contribution in [0.15, 0.2) is 59.2 Å². The number of oxazole rings is 1. The molecule has 1 aromatic heterocycles. The number of aryl methyl sites for hydroxylation is 1. The van der Waals surface area contributed by atoms with Crippen LogP contribution in [0.3, 0.4) is 0 Å². The summed E-state index contributed by atoms with van der Waals surface area (Å²) in [5.74, 6) is 2.00. The summed E-state index contributed by atoms with van der Waals surface area (Å²) in [6.45, 7) is 2.34. The van der Waals surface area contributed by atoms with E-state index in [4.69, 9.17) is 13.9 Å². The smallest absolute Gasteiger partial charge is 0.226 e. The van der Waals surface area contributed by atoms with Crippen molar-refractivity contribution in [3.63, 3.8) is 0 Å². The summed E-state index contributed by atoms with van der Waals surface area (Å²) in [6.07, 6.45) is 1.61. The number of methoxy groups -OCH3 is 1. The summed E-state index contributed by atoms with van der Waals surface area (Å²) >= 11 is 0. The predicted octanol–water partition coefficient (Wildman–Crippen LogP) is 4.24. The fourth-order valence-corrected chi connectivity index (χ4v) is 2.13. The fourth-order valence-electron chi connectivity index (χ4n) is 2.13. The van der Waals surface area contributed by atoms with Crippen molar-refractivity contribution in [2.45, 2.75) is 13.5 Å². The summed E-state index contributed by atoms with van der Waals surface area (Å²) < 4.78 is 16.6. The minimum atomic E-state index is 0.329. The second-order valence-electron chi connectivity index (χ2n) is 4.95. The van der Waals surface area contributed by atoms with Crippen LogP contribution in [0, 0.1) is 6.92 Å². The largest absolute Gasteiger partial charge is 0.493 e. The first-order valence-corrected chi connectivity index (χ1v) is 7.03. The molecule has 4 heteroatoms. The van der Waals surface area contributed by atoms with Crippen molar-refractivity contribution >= 4 is 0 Å². The maximum absolute atomic E-state index is 5.77. The number of aromatic nitrogens is 1. The number of rotatable bonds is 5. The number of ether oxygens (including phenoxy) is 2. The lowest BCUT2D eigenvalue weighted by Gasteiger charge is -2.09. The van der Waals surface area contributed by atoms with E-state index in [2.05, 4.69) is 4.98 Å². The van der Waals surface area contributed by atoms with Gasteiger partial charge in [0.05, 0.1) is 7.11 Å². The van der Waals surface area contributed by atoms with Gasteiger partial charge in [-0.2, -0.15) is 0 Å². The Morgan fingerprint density at radius 3 is 2.64 bits per heavy atom. The van der Waals surface area contributed by atoms with E-state index < -0.39 is 0 Å². The van der Waals surface area contributed by atoms with Gasteiger partial charge in [-0.25, -0.2) is 4.98 Å². The highest BCUT2D eigenvalue weighted by molar-refractivity contribution is 5.52.